The third kappa shape index (κ3) is 9.54. The molecule has 3 aromatic carbocycles. The number of hydrogen-bond acceptors (Lipinski definition) is 3. The van der Waals surface area contributed by atoms with Crippen molar-refractivity contribution in [2.75, 3.05) is 6.61 Å². The van der Waals surface area contributed by atoms with Gasteiger partial charge in [0.05, 0.1) is 6.61 Å². The Kier molecular flexibility index (Phi) is 12.5. The monoisotopic (exact) mass is 502 g/mol. The van der Waals surface area contributed by atoms with Gasteiger partial charge in [-0.15, -0.1) is 0 Å². The number of carbonyl (C=O) groups excluding carboxylic acids is 1. The van der Waals surface area contributed by atoms with E-state index in [9.17, 15) is 4.79 Å². The number of rotatable bonds is 18. The molecule has 0 aliphatic rings. The van der Waals surface area contributed by atoms with Crippen molar-refractivity contribution in [2.45, 2.75) is 98.0 Å². The molecule has 3 heteroatoms. The van der Waals surface area contributed by atoms with E-state index in [1.807, 2.05) is 42.5 Å². The van der Waals surface area contributed by atoms with Gasteiger partial charge in [-0.2, -0.15) is 0 Å². The largest absolute Gasteiger partial charge is 0.494 e. The Bertz CT molecular complexity index is 1070. The molecule has 3 aromatic rings. The quantitative estimate of drug-likeness (QED) is 0.128. The average Bonchev–Trinajstić information content (AvgIpc) is 2.93. The van der Waals surface area contributed by atoms with Crippen molar-refractivity contribution in [1.82, 2.24) is 0 Å². The van der Waals surface area contributed by atoms with Crippen molar-refractivity contribution in [2.24, 2.45) is 5.92 Å². The predicted octanol–water partition coefficient (Wildman–Crippen LogP) is 9.95. The summed E-state index contributed by atoms with van der Waals surface area (Å²) >= 11 is 0. The first-order chi connectivity index (χ1) is 18.1. The maximum Gasteiger partial charge on any atom is 0.165 e. The fourth-order valence-electron chi connectivity index (χ4n) is 4.74. The molecule has 0 heterocycles. The molecule has 3 nitrogen and oxygen atoms in total. The summed E-state index contributed by atoms with van der Waals surface area (Å²) in [6, 6.07) is 20.3. The second-order valence-corrected chi connectivity index (χ2v) is 10.4. The smallest absolute Gasteiger partial charge is 0.165 e. The molecule has 0 N–H and O–H groups in total. The molecule has 0 radical (unpaired) electrons. The molecule has 0 fully saturated rings. The predicted molar refractivity (Wildman–Crippen MR) is 156 cm³/mol. The van der Waals surface area contributed by atoms with E-state index in [4.69, 9.17) is 9.47 Å². The van der Waals surface area contributed by atoms with Crippen LogP contribution in [0.15, 0.2) is 60.7 Å². The minimum atomic E-state index is 0.0781. The van der Waals surface area contributed by atoms with E-state index in [1.165, 1.54) is 51.4 Å². The minimum absolute atomic E-state index is 0.0781. The number of hydrogen-bond donors (Lipinski definition) is 0. The van der Waals surface area contributed by atoms with Crippen LogP contribution in [-0.4, -0.2) is 12.4 Å². The van der Waals surface area contributed by atoms with E-state index < -0.39 is 0 Å². The van der Waals surface area contributed by atoms with Crippen LogP contribution < -0.4 is 9.47 Å². The maximum atomic E-state index is 12.8. The Hall–Kier alpha value is -2.81. The molecule has 0 saturated carbocycles. The number of benzene rings is 3. The molecule has 0 amide bonds. The van der Waals surface area contributed by atoms with Gasteiger partial charge in [0.1, 0.15) is 18.1 Å². The van der Waals surface area contributed by atoms with Gasteiger partial charge in [0.25, 0.3) is 0 Å². The van der Waals surface area contributed by atoms with Crippen LogP contribution in [-0.2, 0) is 6.61 Å². The lowest BCUT2D eigenvalue weighted by Crippen LogP contribution is -2.11. The number of ether oxygens (including phenoxy) is 2. The van der Waals surface area contributed by atoms with Crippen LogP contribution in [0.2, 0.25) is 0 Å². The van der Waals surface area contributed by atoms with E-state index in [0.717, 1.165) is 59.3 Å². The van der Waals surface area contributed by atoms with Crippen LogP contribution in [0.4, 0.5) is 0 Å². The zero-order valence-corrected chi connectivity index (χ0v) is 23.3. The normalized spacial score (nSPS) is 12.0. The number of ketones is 1. The molecule has 0 aromatic heterocycles. The van der Waals surface area contributed by atoms with Gasteiger partial charge in [-0.1, -0.05) is 115 Å². The lowest BCUT2D eigenvalue weighted by Gasteiger charge is -2.13. The van der Waals surface area contributed by atoms with Crippen molar-refractivity contribution in [3.05, 3.63) is 71.8 Å². The van der Waals surface area contributed by atoms with E-state index in [2.05, 4.69) is 39.0 Å². The van der Waals surface area contributed by atoms with Crippen molar-refractivity contribution >= 4 is 16.6 Å². The first-order valence-corrected chi connectivity index (χ1v) is 14.5. The Morgan fingerprint density at radius 3 is 2.22 bits per heavy atom. The molecule has 0 unspecified atom stereocenters. The summed E-state index contributed by atoms with van der Waals surface area (Å²) in [5, 5.41) is 2.20. The third-order valence-electron chi connectivity index (χ3n) is 7.15. The summed E-state index contributed by atoms with van der Waals surface area (Å²) in [6.07, 6.45) is 13.4. The van der Waals surface area contributed by atoms with E-state index >= 15 is 0 Å². The van der Waals surface area contributed by atoms with Crippen LogP contribution in [0.1, 0.15) is 107 Å². The average molecular weight is 503 g/mol. The number of carbonyl (C=O) groups is 1. The second-order valence-electron chi connectivity index (χ2n) is 10.4. The second kappa shape index (κ2) is 16.1. The molecule has 0 spiro atoms. The Balaban J connectivity index is 1.50. The van der Waals surface area contributed by atoms with Crippen LogP contribution in [0.3, 0.4) is 0 Å². The summed E-state index contributed by atoms with van der Waals surface area (Å²) in [4.78, 5) is 12.8. The Morgan fingerprint density at radius 1 is 0.757 bits per heavy atom. The molecule has 1 atom stereocenters. The van der Waals surface area contributed by atoms with Gasteiger partial charge in [-0.25, -0.2) is 0 Å². The van der Waals surface area contributed by atoms with Gasteiger partial charge in [0, 0.05) is 16.9 Å². The number of fused-ring (bicyclic) bond motifs is 1. The highest BCUT2D eigenvalue weighted by molar-refractivity contribution is 5.97. The fraction of sp³-hybridized carbons (Fsp3) is 0.500. The van der Waals surface area contributed by atoms with Crippen LogP contribution in [0.5, 0.6) is 11.5 Å². The number of unbranched alkanes of at least 4 members (excludes halogenated alkanes) is 8. The van der Waals surface area contributed by atoms with E-state index in [1.54, 1.807) is 0 Å². The van der Waals surface area contributed by atoms with E-state index in [0.29, 0.717) is 6.61 Å². The first kappa shape index (κ1) is 28.8. The van der Waals surface area contributed by atoms with Crippen molar-refractivity contribution in [3.8, 4) is 11.5 Å². The summed E-state index contributed by atoms with van der Waals surface area (Å²) in [5.74, 6) is 2.10. The molecule has 0 bridgehead atoms. The molecular formula is C34H46O3. The van der Waals surface area contributed by atoms with Crippen LogP contribution in [0.25, 0.3) is 10.8 Å². The topological polar surface area (TPSA) is 35.5 Å². The Morgan fingerprint density at radius 2 is 1.46 bits per heavy atom. The molecular weight excluding hydrogens is 456 g/mol. The highest BCUT2D eigenvalue weighted by atomic mass is 16.5. The van der Waals surface area contributed by atoms with Gasteiger partial charge < -0.3 is 9.47 Å². The van der Waals surface area contributed by atoms with Crippen LogP contribution in [0, 0.1) is 5.92 Å². The summed E-state index contributed by atoms with van der Waals surface area (Å²) < 4.78 is 12.2. The van der Waals surface area contributed by atoms with Gasteiger partial charge in [0.15, 0.2) is 5.78 Å². The zero-order chi connectivity index (χ0) is 26.3. The van der Waals surface area contributed by atoms with Crippen molar-refractivity contribution < 1.29 is 14.3 Å². The first-order valence-electron chi connectivity index (χ1n) is 14.5. The summed E-state index contributed by atoms with van der Waals surface area (Å²) in [5.41, 5.74) is 1.86. The maximum absolute atomic E-state index is 12.8. The molecule has 200 valence electrons. The molecule has 3 rings (SSSR count). The standard InChI is InChI=1S/C34H46O3/c1-4-6-8-10-11-13-24-36-31-22-23-32-30(25-31)16-14-17-33(32)37-26-28-18-20-29(21-19-28)34(35)27(3)15-12-9-7-5-2/h14,16-23,25,27H,4-13,15,24,26H2,1-3H3/t27-/m1/s1. The lowest BCUT2D eigenvalue weighted by molar-refractivity contribution is 0.0922. The fourth-order valence-corrected chi connectivity index (χ4v) is 4.74. The summed E-state index contributed by atoms with van der Waals surface area (Å²) in [6.45, 7) is 7.75. The molecule has 37 heavy (non-hydrogen) atoms. The van der Waals surface area contributed by atoms with E-state index in [-0.39, 0.29) is 11.7 Å². The zero-order valence-electron chi connectivity index (χ0n) is 23.3. The van der Waals surface area contributed by atoms with Crippen molar-refractivity contribution in [1.29, 1.82) is 0 Å². The minimum Gasteiger partial charge on any atom is -0.494 e. The molecule has 0 saturated heterocycles. The van der Waals surface area contributed by atoms with Gasteiger partial charge in [-0.05, 0) is 48.1 Å². The molecule has 0 aliphatic carbocycles. The highest BCUT2D eigenvalue weighted by Crippen LogP contribution is 2.29. The third-order valence-corrected chi connectivity index (χ3v) is 7.15. The van der Waals surface area contributed by atoms with Gasteiger partial charge >= 0.3 is 0 Å². The summed E-state index contributed by atoms with van der Waals surface area (Å²) in [7, 11) is 0. The van der Waals surface area contributed by atoms with Crippen LogP contribution >= 0.6 is 0 Å². The van der Waals surface area contributed by atoms with Gasteiger partial charge in [0.2, 0.25) is 0 Å². The Labute approximate surface area is 224 Å². The van der Waals surface area contributed by atoms with Gasteiger partial charge in [-0.3, -0.25) is 4.79 Å². The lowest BCUT2D eigenvalue weighted by atomic mass is 9.93. The van der Waals surface area contributed by atoms with Crippen molar-refractivity contribution in [3.63, 3.8) is 0 Å². The number of Topliss-reactive ketones (excluding diaryl/α,β-unsaturated/α-hetero) is 1. The molecule has 0 aliphatic heterocycles. The highest BCUT2D eigenvalue weighted by Gasteiger charge is 2.15. The SMILES string of the molecule is CCCCCCCCOc1ccc2c(OCc3ccc(C(=O)[C@H](C)CCCCCC)cc3)cccc2c1.